The number of nitrogens with zero attached hydrogens (tertiary/aromatic N) is 8. The van der Waals surface area contributed by atoms with E-state index in [1.807, 2.05) is 41.5 Å². The molecule has 0 aromatic heterocycles. The molecule has 14 atom stereocenters. The molecule has 596 valence electrons. The molecule has 3 rings (SSSR count). The van der Waals surface area contributed by atoms with Gasteiger partial charge in [-0.3, -0.25) is 57.6 Å². The molecule has 6 N–H and O–H groups in total. The monoisotopic (exact) mass is 1480 g/mol. The Labute approximate surface area is 619 Å². The summed E-state index contributed by atoms with van der Waals surface area (Å²) in [6.45, 7) is 32.9. The number of aliphatic hydroxyl groups excluding tert-OH is 1. The topological polar surface area (TPSA) is 348 Å². The number of nitrogens with one attached hydrogen (secondary N) is 5. The van der Waals surface area contributed by atoms with Crippen LogP contribution in [-0.4, -0.2) is 309 Å². The zero-order valence-electron chi connectivity index (χ0n) is 66.9. The Hall–Kier alpha value is -6.76. The largest absolute Gasteiger partial charge is 0.449 e. The van der Waals surface area contributed by atoms with Crippen LogP contribution in [-0.2, 0) is 71.7 Å². The van der Waals surface area contributed by atoms with Gasteiger partial charge in [0.1, 0.15) is 66.5 Å². The number of aliphatic hydroxyl groups is 1. The number of hydrogen-bond acceptors (Lipinski definition) is 18. The lowest BCUT2D eigenvalue weighted by molar-refractivity contribution is -0.154. The molecule has 3 aliphatic rings. The van der Waals surface area contributed by atoms with E-state index in [0.29, 0.717) is 71.6 Å². The quantitative estimate of drug-likeness (QED) is 0.0757. The normalized spacial score (nSPS) is 26.9. The van der Waals surface area contributed by atoms with Crippen LogP contribution in [0.25, 0.3) is 0 Å². The minimum Gasteiger partial charge on any atom is -0.449 e. The fraction of sp³-hybridized carbons (Fsp3) is 0.838. The lowest BCUT2D eigenvalue weighted by Crippen LogP contribution is -2.64. The van der Waals surface area contributed by atoms with Gasteiger partial charge in [0.25, 0.3) is 0 Å². The molecule has 3 saturated heterocycles. The molecule has 0 saturated carbocycles. The van der Waals surface area contributed by atoms with Crippen LogP contribution in [0.4, 0.5) is 4.79 Å². The number of hydrogen-bond donors (Lipinski definition) is 6. The molecule has 3 fully saturated rings. The molecule has 3 heterocycles. The molecule has 0 aromatic rings. The summed E-state index contributed by atoms with van der Waals surface area (Å²) < 4.78 is 22.7. The molecule has 0 aliphatic carbocycles. The van der Waals surface area contributed by atoms with Crippen molar-refractivity contribution in [2.24, 2.45) is 35.5 Å². The Kier molecular flexibility index (Phi) is 39.0. The average molecular weight is 1480 g/mol. The number of unbranched alkanes of at least 4 members (excludes halogenated alkanes) is 3. The van der Waals surface area contributed by atoms with Crippen molar-refractivity contribution in [3.8, 4) is 0 Å². The fourth-order valence-electron chi connectivity index (χ4n) is 13.4. The molecule has 0 radical (unpaired) electrons. The summed E-state index contributed by atoms with van der Waals surface area (Å²) in [4.78, 5) is 188. The van der Waals surface area contributed by atoms with E-state index < -0.39 is 167 Å². The summed E-state index contributed by atoms with van der Waals surface area (Å²) in [5.41, 5.74) is 0. The molecule has 0 spiro atoms. The zero-order valence-corrected chi connectivity index (χ0v) is 66.9. The van der Waals surface area contributed by atoms with Crippen molar-refractivity contribution in [1.29, 1.82) is 0 Å². The number of likely N-dealkylation sites (N-methyl/N-ethyl adjacent to an activating group) is 6. The number of ether oxygens (including phenoxy) is 4. The smallest absolute Gasteiger partial charge is 0.409 e. The number of carbonyl (C=O) groups excluding carboxylic acids is 12. The van der Waals surface area contributed by atoms with Crippen molar-refractivity contribution in [1.82, 2.24) is 65.8 Å². The Morgan fingerprint density at radius 1 is 0.471 bits per heavy atom. The highest BCUT2D eigenvalue weighted by Crippen LogP contribution is 2.25. The summed E-state index contributed by atoms with van der Waals surface area (Å²) in [5, 5.41) is 26.2. The van der Waals surface area contributed by atoms with Crippen LogP contribution in [0, 0.1) is 35.5 Å². The maximum atomic E-state index is 15.3. The highest BCUT2D eigenvalue weighted by Gasteiger charge is 2.45. The van der Waals surface area contributed by atoms with Crippen molar-refractivity contribution in [2.75, 3.05) is 115 Å². The second kappa shape index (κ2) is 44.4. The van der Waals surface area contributed by atoms with Gasteiger partial charge in [0, 0.05) is 75.1 Å². The third-order valence-corrected chi connectivity index (χ3v) is 20.2. The van der Waals surface area contributed by atoms with Crippen LogP contribution in [0.15, 0.2) is 0 Å². The van der Waals surface area contributed by atoms with E-state index in [4.69, 9.17) is 18.9 Å². The Balaban J connectivity index is 2.26. The summed E-state index contributed by atoms with van der Waals surface area (Å²) in [6.07, 6.45) is 0.555. The molecule has 3 aliphatic heterocycles. The van der Waals surface area contributed by atoms with Crippen molar-refractivity contribution in [3.63, 3.8) is 0 Å². The molecule has 0 aromatic carbocycles. The van der Waals surface area contributed by atoms with E-state index in [1.54, 1.807) is 53.4 Å². The molecular weight excluding hydrogens is 1340 g/mol. The predicted molar refractivity (Wildman–Crippen MR) is 394 cm³/mol. The number of rotatable bonds is 24. The lowest BCUT2D eigenvalue weighted by Gasteiger charge is -2.40. The molecule has 104 heavy (non-hydrogen) atoms. The van der Waals surface area contributed by atoms with Gasteiger partial charge in [-0.2, -0.15) is 0 Å². The van der Waals surface area contributed by atoms with E-state index in [0.717, 1.165) is 35.9 Å². The first kappa shape index (κ1) is 91.4. The highest BCUT2D eigenvalue weighted by molar-refractivity contribution is 6.00. The van der Waals surface area contributed by atoms with Crippen molar-refractivity contribution in [3.05, 3.63) is 0 Å². The maximum absolute atomic E-state index is 15.3. The minimum atomic E-state index is -1.75. The Bertz CT molecular complexity index is 2800. The molecule has 0 unspecified atom stereocenters. The van der Waals surface area contributed by atoms with Gasteiger partial charge in [-0.25, -0.2) is 4.79 Å². The number of morpholine rings is 2. The highest BCUT2D eigenvalue weighted by atomic mass is 16.6. The molecular formula is C74H133N13O17. The number of carbonyl (C=O) groups is 12. The predicted octanol–water partition coefficient (Wildman–Crippen LogP) is 2.85. The summed E-state index contributed by atoms with van der Waals surface area (Å²) in [7, 11) is 8.47. The van der Waals surface area contributed by atoms with Gasteiger partial charge in [-0.05, 0) is 121 Å². The molecule has 30 nitrogen and oxygen atoms in total. The summed E-state index contributed by atoms with van der Waals surface area (Å²) in [5.74, 6) is -10.5. The summed E-state index contributed by atoms with van der Waals surface area (Å²) in [6, 6.07) is -14.6. The van der Waals surface area contributed by atoms with Gasteiger partial charge < -0.3 is 84.9 Å². The third kappa shape index (κ3) is 27.2. The van der Waals surface area contributed by atoms with Crippen LogP contribution in [0.3, 0.4) is 0 Å². The second-order valence-electron chi connectivity index (χ2n) is 30.9. The van der Waals surface area contributed by atoms with Gasteiger partial charge >= 0.3 is 6.09 Å². The van der Waals surface area contributed by atoms with E-state index >= 15 is 28.8 Å². The van der Waals surface area contributed by atoms with Crippen LogP contribution in [0.2, 0.25) is 0 Å². The standard InChI is InChI=1S/C74H133N13O17/c1-23-54-70(96)80(17)52(15)69(95)85(22)61(53(16)103-35-28-26-30-86-31-37-101-38-32-86)67(93)78-58(47(8)9)73(99)81(18)55(41-44(2)3)64(90)75-50(13)63(89)76-51(14)68(94)82(19)56(42-45(4)5)71(97)83(20)57(43-46(6)7)72(98)84(21)60(48(10)11)66(92)79-59(65(91)77-54)62(88)49(12)29-25-24-27-36-104-74(100)87-33-39-102-40-34-87/h44-62,88H,23-43H2,1-22H3,(H,75,90)(H,76,89)(H,77,91)(H,78,93)(H,79,92)/t49-,50+,51-,52-,53-,54+,55+,56+,57+,58+,59+,60+,61+,62-/m1/s1. The van der Waals surface area contributed by atoms with Crippen molar-refractivity contribution >= 4 is 71.1 Å². The van der Waals surface area contributed by atoms with Crippen molar-refractivity contribution in [2.45, 2.75) is 254 Å². The Morgan fingerprint density at radius 3 is 1.49 bits per heavy atom. The minimum absolute atomic E-state index is 0.0430. The zero-order chi connectivity index (χ0) is 78.7. The lowest BCUT2D eigenvalue weighted by atomic mass is 9.91. The SMILES string of the molecule is CC[C@@H]1NC(=O)[C@H]([C@H](O)[C@H](C)CCCCCOC(=O)N2CCOCC2)NC(=O)[C@H](C(C)C)N(C)C(=O)[C@H](CC(C)C)N(C)C(=O)[C@H](CC(C)C)N(C)C(=O)[C@@H](C)NC(=O)[C@H](C)NC(=O)[C@H](CC(C)C)N(C)C(=O)[C@H](C(C)C)NC(=O)[C@H]([C@@H](C)OCCCCN2CCOCC2)N(C)C(=O)[C@@H](C)N(C)C1=O. The van der Waals surface area contributed by atoms with Crippen LogP contribution >= 0.6 is 0 Å². The van der Waals surface area contributed by atoms with Crippen LogP contribution < -0.4 is 26.6 Å². The van der Waals surface area contributed by atoms with Gasteiger partial charge in [-0.1, -0.05) is 95.9 Å². The van der Waals surface area contributed by atoms with Gasteiger partial charge in [0.2, 0.25) is 65.0 Å². The summed E-state index contributed by atoms with van der Waals surface area (Å²) >= 11 is 0. The molecule has 30 heteroatoms. The Morgan fingerprint density at radius 2 is 0.952 bits per heavy atom. The van der Waals surface area contributed by atoms with E-state index in [-0.39, 0.29) is 56.7 Å². The first-order valence-electron chi connectivity index (χ1n) is 37.9. The van der Waals surface area contributed by atoms with Crippen LogP contribution in [0.1, 0.15) is 175 Å². The second-order valence-corrected chi connectivity index (χ2v) is 30.9. The average Bonchev–Trinajstić information content (AvgIpc) is 0.814. The van der Waals surface area contributed by atoms with Crippen molar-refractivity contribution < 1.29 is 81.6 Å². The van der Waals surface area contributed by atoms with Crippen LogP contribution in [0.5, 0.6) is 0 Å². The fourth-order valence-corrected chi connectivity index (χ4v) is 13.4. The maximum Gasteiger partial charge on any atom is 0.409 e. The molecule has 12 amide bonds. The number of amides is 12. The van der Waals surface area contributed by atoms with Gasteiger partial charge in [0.15, 0.2) is 0 Å². The van der Waals surface area contributed by atoms with E-state index in [1.165, 1.54) is 82.7 Å². The van der Waals surface area contributed by atoms with E-state index in [2.05, 4.69) is 31.5 Å². The van der Waals surface area contributed by atoms with Gasteiger partial charge in [-0.15, -0.1) is 0 Å². The first-order chi connectivity index (χ1) is 48.7. The van der Waals surface area contributed by atoms with Gasteiger partial charge in [0.05, 0.1) is 45.2 Å². The third-order valence-electron chi connectivity index (χ3n) is 20.2. The van der Waals surface area contributed by atoms with E-state index in [9.17, 15) is 33.9 Å². The molecule has 0 bridgehead atoms. The first-order valence-corrected chi connectivity index (χ1v) is 37.9.